The molecule has 1 aromatic carbocycles. The Bertz CT molecular complexity index is 594. The second-order valence-electron chi connectivity index (χ2n) is 4.43. The Morgan fingerprint density at radius 2 is 2.28 bits per heavy atom. The summed E-state index contributed by atoms with van der Waals surface area (Å²) in [5.41, 5.74) is 1.72. The molecule has 0 amide bonds. The van der Waals surface area contributed by atoms with Gasteiger partial charge in [0.1, 0.15) is 6.07 Å². The van der Waals surface area contributed by atoms with Crippen molar-refractivity contribution in [2.24, 2.45) is 5.92 Å². The maximum atomic E-state index is 9.29. The molecular weight excluding hydrogens is 292 g/mol. The molecule has 0 aliphatic rings. The number of fused-ring (bicyclic) bond motifs is 1. The van der Waals surface area contributed by atoms with Crippen LogP contribution in [0.25, 0.3) is 10.9 Å². The molecule has 0 aliphatic heterocycles. The van der Waals surface area contributed by atoms with Crippen molar-refractivity contribution < 1.29 is 5.11 Å². The normalized spacial score (nSPS) is 12.6. The lowest BCUT2D eigenvalue weighted by Gasteiger charge is -2.13. The molecule has 0 saturated carbocycles. The zero-order valence-electron chi connectivity index (χ0n) is 10.2. The maximum Gasteiger partial charge on any atom is 0.101 e. The fraction of sp³-hybridized carbons (Fsp3) is 0.357. The van der Waals surface area contributed by atoms with E-state index in [-0.39, 0.29) is 12.5 Å². The topological polar surface area (TPSA) is 49.0 Å². The summed E-state index contributed by atoms with van der Waals surface area (Å²) in [5.74, 6) is 0.228. The van der Waals surface area contributed by atoms with Gasteiger partial charge in [-0.3, -0.25) is 0 Å². The molecule has 1 N–H and O–H groups in total. The molecule has 0 bridgehead atoms. The number of nitriles is 1. The van der Waals surface area contributed by atoms with E-state index in [0.29, 0.717) is 5.56 Å². The molecule has 1 unspecified atom stereocenters. The number of aromatic nitrogens is 1. The monoisotopic (exact) mass is 306 g/mol. The van der Waals surface area contributed by atoms with Crippen LogP contribution in [0.1, 0.15) is 18.9 Å². The molecular formula is C14H15BrN2O. The van der Waals surface area contributed by atoms with Gasteiger partial charge < -0.3 is 9.67 Å². The number of halogens is 1. The van der Waals surface area contributed by atoms with Crippen molar-refractivity contribution in [2.45, 2.75) is 19.9 Å². The van der Waals surface area contributed by atoms with Gasteiger partial charge in [-0.1, -0.05) is 28.9 Å². The number of aliphatic hydroxyl groups is 1. The van der Waals surface area contributed by atoms with Crippen molar-refractivity contribution in [1.29, 1.82) is 5.26 Å². The van der Waals surface area contributed by atoms with E-state index in [1.54, 1.807) is 0 Å². The maximum absolute atomic E-state index is 9.29. The fourth-order valence-corrected chi connectivity index (χ4v) is 2.45. The van der Waals surface area contributed by atoms with E-state index in [0.717, 1.165) is 28.3 Å². The van der Waals surface area contributed by atoms with Crippen molar-refractivity contribution in [2.75, 3.05) is 6.61 Å². The Balaban J connectivity index is 2.50. The molecule has 94 valence electrons. The van der Waals surface area contributed by atoms with Gasteiger partial charge in [0.2, 0.25) is 0 Å². The van der Waals surface area contributed by atoms with Crippen LogP contribution in [0, 0.1) is 17.2 Å². The van der Waals surface area contributed by atoms with Crippen LogP contribution in [0.15, 0.2) is 28.9 Å². The van der Waals surface area contributed by atoms with Crippen molar-refractivity contribution in [3.05, 3.63) is 34.4 Å². The summed E-state index contributed by atoms with van der Waals surface area (Å²) >= 11 is 3.45. The van der Waals surface area contributed by atoms with Gasteiger partial charge in [-0.25, -0.2) is 0 Å². The number of benzene rings is 1. The Morgan fingerprint density at radius 1 is 1.50 bits per heavy atom. The predicted molar refractivity (Wildman–Crippen MR) is 75.2 cm³/mol. The average molecular weight is 307 g/mol. The largest absolute Gasteiger partial charge is 0.396 e. The molecule has 0 spiro atoms. The van der Waals surface area contributed by atoms with E-state index in [1.807, 2.05) is 24.4 Å². The van der Waals surface area contributed by atoms with Crippen LogP contribution in [0.5, 0.6) is 0 Å². The molecule has 1 heterocycles. The number of hydrogen-bond acceptors (Lipinski definition) is 2. The van der Waals surface area contributed by atoms with Crippen LogP contribution in [-0.4, -0.2) is 16.3 Å². The standard InChI is InChI=1S/C14H15BrN2O/c1-2-10(9-18)7-17-8-11(6-16)13-4-3-12(15)5-14(13)17/h3-5,8,10,18H,2,7,9H2,1H3. The van der Waals surface area contributed by atoms with Crippen molar-refractivity contribution >= 4 is 26.8 Å². The molecule has 18 heavy (non-hydrogen) atoms. The highest BCUT2D eigenvalue weighted by molar-refractivity contribution is 9.10. The van der Waals surface area contributed by atoms with Gasteiger partial charge in [0.05, 0.1) is 11.1 Å². The minimum absolute atomic E-state index is 0.173. The number of nitrogens with zero attached hydrogens (tertiary/aromatic N) is 2. The summed E-state index contributed by atoms with van der Waals surface area (Å²) in [6.07, 6.45) is 2.79. The molecule has 0 saturated heterocycles. The van der Waals surface area contributed by atoms with Crippen LogP contribution in [0.3, 0.4) is 0 Å². The van der Waals surface area contributed by atoms with Crippen molar-refractivity contribution in [1.82, 2.24) is 4.57 Å². The van der Waals surface area contributed by atoms with E-state index < -0.39 is 0 Å². The van der Waals surface area contributed by atoms with Gasteiger partial charge in [-0.15, -0.1) is 0 Å². The highest BCUT2D eigenvalue weighted by atomic mass is 79.9. The molecule has 2 rings (SSSR count). The van der Waals surface area contributed by atoms with E-state index in [2.05, 4.69) is 33.5 Å². The highest BCUT2D eigenvalue weighted by Gasteiger charge is 2.12. The molecule has 4 heteroatoms. The fourth-order valence-electron chi connectivity index (χ4n) is 2.10. The first-order chi connectivity index (χ1) is 8.69. The zero-order chi connectivity index (χ0) is 13.1. The Kier molecular flexibility index (Phi) is 4.05. The van der Waals surface area contributed by atoms with Gasteiger partial charge in [0, 0.05) is 29.2 Å². The molecule has 0 aliphatic carbocycles. The number of hydrogen-bond donors (Lipinski definition) is 1. The quantitative estimate of drug-likeness (QED) is 0.942. The van der Waals surface area contributed by atoms with Crippen LogP contribution in [0.2, 0.25) is 0 Å². The summed E-state index contributed by atoms with van der Waals surface area (Å²) in [7, 11) is 0. The van der Waals surface area contributed by atoms with Crippen molar-refractivity contribution in [3.63, 3.8) is 0 Å². The van der Waals surface area contributed by atoms with E-state index in [9.17, 15) is 5.11 Å². The predicted octanol–water partition coefficient (Wildman–Crippen LogP) is 3.29. The lowest BCUT2D eigenvalue weighted by molar-refractivity contribution is 0.208. The van der Waals surface area contributed by atoms with Gasteiger partial charge in [0.25, 0.3) is 0 Å². The molecule has 2 aromatic rings. The van der Waals surface area contributed by atoms with Crippen LogP contribution in [-0.2, 0) is 6.54 Å². The third kappa shape index (κ3) is 2.43. The second-order valence-corrected chi connectivity index (χ2v) is 5.34. The smallest absolute Gasteiger partial charge is 0.101 e. The third-order valence-corrected chi connectivity index (χ3v) is 3.75. The van der Waals surface area contributed by atoms with Crippen LogP contribution >= 0.6 is 15.9 Å². The summed E-state index contributed by atoms with van der Waals surface area (Å²) < 4.78 is 3.05. The molecule has 1 aromatic heterocycles. The summed E-state index contributed by atoms with van der Waals surface area (Å²) in [5, 5.41) is 19.4. The third-order valence-electron chi connectivity index (χ3n) is 3.26. The molecule has 3 nitrogen and oxygen atoms in total. The second kappa shape index (κ2) is 5.55. The molecule has 1 atom stereocenters. The minimum atomic E-state index is 0.173. The first kappa shape index (κ1) is 13.1. The van der Waals surface area contributed by atoms with Gasteiger partial charge >= 0.3 is 0 Å². The molecule has 0 fully saturated rings. The van der Waals surface area contributed by atoms with E-state index in [1.165, 1.54) is 0 Å². The van der Waals surface area contributed by atoms with Crippen LogP contribution in [0.4, 0.5) is 0 Å². The van der Waals surface area contributed by atoms with Gasteiger partial charge in [0.15, 0.2) is 0 Å². The highest BCUT2D eigenvalue weighted by Crippen LogP contribution is 2.25. The summed E-state index contributed by atoms with van der Waals surface area (Å²) in [6.45, 7) is 2.97. The number of aliphatic hydroxyl groups excluding tert-OH is 1. The Morgan fingerprint density at radius 3 is 2.89 bits per heavy atom. The first-order valence-electron chi connectivity index (χ1n) is 5.99. The Hall–Kier alpha value is -1.31. The lowest BCUT2D eigenvalue weighted by Crippen LogP contribution is -2.12. The van der Waals surface area contributed by atoms with Gasteiger partial charge in [-0.2, -0.15) is 5.26 Å². The lowest BCUT2D eigenvalue weighted by atomic mass is 10.1. The zero-order valence-corrected chi connectivity index (χ0v) is 11.8. The summed E-state index contributed by atoms with van der Waals surface area (Å²) in [4.78, 5) is 0. The van der Waals surface area contributed by atoms with Gasteiger partial charge in [-0.05, 0) is 24.5 Å². The van der Waals surface area contributed by atoms with E-state index in [4.69, 9.17) is 5.26 Å². The first-order valence-corrected chi connectivity index (χ1v) is 6.78. The van der Waals surface area contributed by atoms with E-state index >= 15 is 0 Å². The SMILES string of the molecule is CCC(CO)Cn1cc(C#N)c2ccc(Br)cc21. The average Bonchev–Trinajstić information content (AvgIpc) is 2.73. The minimum Gasteiger partial charge on any atom is -0.396 e. The van der Waals surface area contributed by atoms with Crippen LogP contribution < -0.4 is 0 Å². The van der Waals surface area contributed by atoms with Crippen molar-refractivity contribution in [3.8, 4) is 6.07 Å². The molecule has 0 radical (unpaired) electrons. The Labute approximate surface area is 115 Å². The number of rotatable bonds is 4. The summed E-state index contributed by atoms with van der Waals surface area (Å²) in [6, 6.07) is 8.13.